The Hall–Kier alpha value is -3.37. The van der Waals surface area contributed by atoms with Crippen LogP contribution in [0.1, 0.15) is 11.1 Å². The number of urea groups is 1. The van der Waals surface area contributed by atoms with Gasteiger partial charge in [-0.25, -0.2) is 14.8 Å². The number of amides is 2. The largest absolute Gasteiger partial charge is 0.439 e. The highest BCUT2D eigenvalue weighted by atomic mass is 35.5. The van der Waals surface area contributed by atoms with E-state index in [-0.39, 0.29) is 22.3 Å². The number of benzene rings is 2. The molecule has 0 spiro atoms. The van der Waals surface area contributed by atoms with Crippen molar-refractivity contribution in [1.29, 1.82) is 0 Å². The van der Waals surface area contributed by atoms with Gasteiger partial charge in [-0.1, -0.05) is 17.7 Å². The Balaban J connectivity index is 0.00000114. The van der Waals surface area contributed by atoms with Crippen molar-refractivity contribution < 1.29 is 22.7 Å². The molecule has 0 atom stereocenters. The molecule has 0 aliphatic rings. The monoisotopic (exact) mass is 467 g/mol. The van der Waals surface area contributed by atoms with E-state index in [0.29, 0.717) is 11.4 Å². The maximum Gasteiger partial charge on any atom is 0.416 e. The smallest absolute Gasteiger partial charge is 0.416 e. The van der Waals surface area contributed by atoms with Gasteiger partial charge in [-0.15, -0.1) is 0 Å². The lowest BCUT2D eigenvalue weighted by Gasteiger charge is -2.13. The SMILES string of the molecule is CNC.Cc1ccc(NC(=O)Nc2ccc(Oc3cc(Cl)ncn3)cc2)cc1C(F)(F)F. The number of carbonyl (C=O) groups excluding carboxylic acids is 1. The summed E-state index contributed by atoms with van der Waals surface area (Å²) >= 11 is 5.76. The average molecular weight is 468 g/mol. The molecular weight excluding hydrogens is 447 g/mol. The molecule has 7 nitrogen and oxygen atoms in total. The molecule has 1 aromatic heterocycles. The average Bonchev–Trinajstić information content (AvgIpc) is 2.71. The van der Waals surface area contributed by atoms with E-state index < -0.39 is 17.8 Å². The molecule has 0 saturated heterocycles. The number of nitrogens with one attached hydrogen (secondary N) is 3. The van der Waals surface area contributed by atoms with Crippen LogP contribution in [0.3, 0.4) is 0 Å². The number of carbonyl (C=O) groups is 1. The van der Waals surface area contributed by atoms with Gasteiger partial charge < -0.3 is 20.7 Å². The molecular formula is C21H21ClF3N5O2. The first-order valence-electron chi connectivity index (χ1n) is 9.22. The van der Waals surface area contributed by atoms with Crippen molar-refractivity contribution in [3.05, 3.63) is 71.1 Å². The number of aryl methyl sites for hydroxylation is 1. The molecule has 3 aromatic rings. The zero-order chi connectivity index (χ0) is 23.7. The van der Waals surface area contributed by atoms with E-state index in [0.717, 1.165) is 6.07 Å². The van der Waals surface area contributed by atoms with E-state index >= 15 is 0 Å². The van der Waals surface area contributed by atoms with Gasteiger partial charge in [-0.05, 0) is 63.0 Å². The number of hydrogen-bond acceptors (Lipinski definition) is 5. The van der Waals surface area contributed by atoms with Crippen molar-refractivity contribution in [1.82, 2.24) is 15.3 Å². The number of alkyl halides is 3. The molecule has 11 heteroatoms. The van der Waals surface area contributed by atoms with Gasteiger partial charge in [-0.2, -0.15) is 13.2 Å². The number of rotatable bonds is 4. The molecule has 32 heavy (non-hydrogen) atoms. The zero-order valence-electron chi connectivity index (χ0n) is 17.4. The maximum atomic E-state index is 13.0. The number of anilines is 2. The number of ether oxygens (including phenoxy) is 1. The Kier molecular flexibility index (Phi) is 8.80. The topological polar surface area (TPSA) is 88.2 Å². The van der Waals surface area contributed by atoms with Crippen LogP contribution in [0.5, 0.6) is 11.6 Å². The minimum atomic E-state index is -4.50. The van der Waals surface area contributed by atoms with E-state index in [4.69, 9.17) is 16.3 Å². The van der Waals surface area contributed by atoms with Gasteiger partial charge in [-0.3, -0.25) is 0 Å². The predicted molar refractivity (Wildman–Crippen MR) is 117 cm³/mol. The normalized spacial score (nSPS) is 10.6. The fourth-order valence-electron chi connectivity index (χ4n) is 2.40. The lowest BCUT2D eigenvalue weighted by Crippen LogP contribution is -2.20. The van der Waals surface area contributed by atoms with Gasteiger partial charge in [0.25, 0.3) is 0 Å². The summed E-state index contributed by atoms with van der Waals surface area (Å²) in [5, 5.41) is 7.89. The Bertz CT molecular complexity index is 1050. The van der Waals surface area contributed by atoms with Crippen LogP contribution in [-0.2, 0) is 6.18 Å². The lowest BCUT2D eigenvalue weighted by atomic mass is 10.1. The van der Waals surface area contributed by atoms with Gasteiger partial charge in [0.2, 0.25) is 5.88 Å². The van der Waals surface area contributed by atoms with Crippen molar-refractivity contribution in [2.75, 3.05) is 24.7 Å². The molecule has 0 unspecified atom stereocenters. The molecule has 0 radical (unpaired) electrons. The molecule has 170 valence electrons. The third-order valence-electron chi connectivity index (χ3n) is 3.74. The molecule has 3 rings (SSSR count). The van der Waals surface area contributed by atoms with E-state index in [1.54, 1.807) is 24.3 Å². The van der Waals surface area contributed by atoms with Gasteiger partial charge in [0, 0.05) is 17.4 Å². The highest BCUT2D eigenvalue weighted by molar-refractivity contribution is 6.29. The van der Waals surface area contributed by atoms with Crippen molar-refractivity contribution in [2.45, 2.75) is 13.1 Å². The van der Waals surface area contributed by atoms with E-state index in [2.05, 4.69) is 25.9 Å². The molecule has 1 heterocycles. The summed E-state index contributed by atoms with van der Waals surface area (Å²) in [6.45, 7) is 1.35. The first-order chi connectivity index (χ1) is 15.1. The van der Waals surface area contributed by atoms with E-state index in [1.165, 1.54) is 31.5 Å². The second kappa shape index (κ2) is 11.3. The summed E-state index contributed by atoms with van der Waals surface area (Å²) in [6.07, 6.45) is -3.24. The van der Waals surface area contributed by atoms with Crippen LogP contribution >= 0.6 is 11.6 Å². The zero-order valence-corrected chi connectivity index (χ0v) is 18.2. The second-order valence-electron chi connectivity index (χ2n) is 6.41. The van der Waals surface area contributed by atoms with Crippen LogP contribution in [0, 0.1) is 6.92 Å². The predicted octanol–water partition coefficient (Wildman–Crippen LogP) is 5.73. The fourth-order valence-corrected chi connectivity index (χ4v) is 2.54. The third kappa shape index (κ3) is 7.71. The molecule has 0 saturated carbocycles. The quantitative estimate of drug-likeness (QED) is 0.426. The van der Waals surface area contributed by atoms with Crippen LogP contribution in [0.4, 0.5) is 29.3 Å². The molecule has 0 aliphatic heterocycles. The molecule has 2 aromatic carbocycles. The first kappa shape index (κ1) is 24.9. The summed E-state index contributed by atoms with van der Waals surface area (Å²) < 4.78 is 44.4. The molecule has 2 amide bonds. The first-order valence-corrected chi connectivity index (χ1v) is 9.60. The Labute approximate surface area is 188 Å². The van der Waals surface area contributed by atoms with Gasteiger partial charge in [0.05, 0.1) is 5.56 Å². The number of aromatic nitrogens is 2. The van der Waals surface area contributed by atoms with Gasteiger partial charge in [0.1, 0.15) is 17.2 Å². The van der Waals surface area contributed by atoms with Crippen molar-refractivity contribution in [3.8, 4) is 11.6 Å². The third-order valence-corrected chi connectivity index (χ3v) is 3.95. The van der Waals surface area contributed by atoms with E-state index in [1.807, 2.05) is 14.1 Å². The maximum absolute atomic E-state index is 13.0. The molecule has 0 aliphatic carbocycles. The summed E-state index contributed by atoms with van der Waals surface area (Å²) in [4.78, 5) is 19.7. The minimum Gasteiger partial charge on any atom is -0.439 e. The van der Waals surface area contributed by atoms with Crippen LogP contribution in [0.2, 0.25) is 5.15 Å². The lowest BCUT2D eigenvalue weighted by molar-refractivity contribution is -0.138. The highest BCUT2D eigenvalue weighted by Gasteiger charge is 2.32. The molecule has 0 bridgehead atoms. The standard InChI is InChI=1S/C19H14ClF3N4O2.C2H7N/c1-11-2-3-13(8-15(11)19(21,22)23)27-18(28)26-12-4-6-14(7-5-12)29-17-9-16(20)24-10-25-17;1-3-2/h2-10H,1H3,(H2,26,27,28);3H,1-2H3. The Morgan fingerprint density at radius 2 is 1.56 bits per heavy atom. The van der Waals surface area contributed by atoms with Crippen LogP contribution in [0.15, 0.2) is 54.9 Å². The number of hydrogen-bond donors (Lipinski definition) is 3. The van der Waals surface area contributed by atoms with Crippen LogP contribution in [-0.4, -0.2) is 30.1 Å². The second-order valence-corrected chi connectivity index (χ2v) is 6.80. The van der Waals surface area contributed by atoms with Crippen molar-refractivity contribution in [3.63, 3.8) is 0 Å². The van der Waals surface area contributed by atoms with Crippen molar-refractivity contribution in [2.24, 2.45) is 0 Å². The van der Waals surface area contributed by atoms with Crippen LogP contribution < -0.4 is 20.7 Å². The summed E-state index contributed by atoms with van der Waals surface area (Å²) in [7, 11) is 3.75. The summed E-state index contributed by atoms with van der Waals surface area (Å²) in [5.41, 5.74) is -0.287. The summed E-state index contributed by atoms with van der Waals surface area (Å²) in [6, 6.07) is 10.6. The summed E-state index contributed by atoms with van der Waals surface area (Å²) in [5.74, 6) is 0.697. The Morgan fingerprint density at radius 3 is 2.16 bits per heavy atom. The minimum absolute atomic E-state index is 0.0287. The molecule has 0 fully saturated rings. The van der Waals surface area contributed by atoms with Gasteiger partial charge >= 0.3 is 12.2 Å². The number of halogens is 4. The van der Waals surface area contributed by atoms with Crippen molar-refractivity contribution >= 4 is 29.0 Å². The fraction of sp³-hybridized carbons (Fsp3) is 0.190. The molecule has 3 N–H and O–H groups in total. The number of nitrogens with zero attached hydrogens (tertiary/aromatic N) is 2. The van der Waals surface area contributed by atoms with Crippen LogP contribution in [0.25, 0.3) is 0 Å². The van der Waals surface area contributed by atoms with E-state index in [9.17, 15) is 18.0 Å². The van der Waals surface area contributed by atoms with Gasteiger partial charge in [0.15, 0.2) is 0 Å². The Morgan fingerprint density at radius 1 is 0.969 bits per heavy atom. The highest BCUT2D eigenvalue weighted by Crippen LogP contribution is 2.33.